The predicted octanol–water partition coefficient (Wildman–Crippen LogP) is 0.277. The van der Waals surface area contributed by atoms with Crippen LogP contribution in [0, 0.1) is 0 Å². The van der Waals surface area contributed by atoms with Crippen LogP contribution in [0.1, 0.15) is 0 Å². The van der Waals surface area contributed by atoms with Crippen LogP contribution < -0.4 is 10.8 Å². The van der Waals surface area contributed by atoms with Crippen molar-refractivity contribution in [3.05, 3.63) is 0 Å². The summed E-state index contributed by atoms with van der Waals surface area (Å²) < 4.78 is 22.7. The van der Waals surface area contributed by atoms with Gasteiger partial charge in [0.2, 0.25) is 0 Å². The first kappa shape index (κ1) is 9.51. The number of nitrogens with one attached hydrogen (secondary N) is 2. The molecule has 0 aromatic heterocycles. The average molecular weight is 170 g/mol. The van der Waals surface area contributed by atoms with Crippen molar-refractivity contribution >= 4 is 17.3 Å². The summed E-state index contributed by atoms with van der Waals surface area (Å²) in [5.74, 6) is 0. The van der Waals surface area contributed by atoms with E-state index in [1.165, 1.54) is 0 Å². The number of halogens is 2. The Morgan fingerprint density at radius 1 is 1.70 bits per heavy atom. The fourth-order valence-electron chi connectivity index (χ4n) is 0.221. The van der Waals surface area contributed by atoms with Gasteiger partial charge in [0.05, 0.1) is 0 Å². The summed E-state index contributed by atoms with van der Waals surface area (Å²) in [7, 11) is 1.56. The summed E-state index contributed by atoms with van der Waals surface area (Å²) in [6, 6.07) is 0. The molecule has 0 aliphatic heterocycles. The highest BCUT2D eigenvalue weighted by molar-refractivity contribution is 7.80. The highest BCUT2D eigenvalue weighted by Crippen LogP contribution is 1.89. The summed E-state index contributed by atoms with van der Waals surface area (Å²) in [6.07, 6.45) is -2.48. The Morgan fingerprint density at radius 3 is 2.70 bits per heavy atom. The minimum absolute atomic E-state index is 0.181. The topological polar surface area (TPSA) is 33.3 Å². The number of alkyl halides is 2. The Kier molecular flexibility index (Phi) is 5.05. The van der Waals surface area contributed by atoms with Gasteiger partial charge in [-0.3, -0.25) is 4.84 Å². The van der Waals surface area contributed by atoms with Crippen LogP contribution in [0.25, 0.3) is 0 Å². The third-order valence-electron chi connectivity index (χ3n) is 0.601. The Labute approximate surface area is 62.7 Å². The molecule has 0 atom stereocenters. The average Bonchev–Trinajstić information content (AvgIpc) is 1.87. The van der Waals surface area contributed by atoms with Gasteiger partial charge in [0.25, 0.3) is 6.43 Å². The molecule has 2 N–H and O–H groups in total. The van der Waals surface area contributed by atoms with Crippen LogP contribution in [-0.4, -0.2) is 25.2 Å². The van der Waals surface area contributed by atoms with Crippen LogP contribution in [0.5, 0.6) is 0 Å². The van der Waals surface area contributed by atoms with Crippen molar-refractivity contribution in [2.75, 3.05) is 13.7 Å². The summed E-state index contributed by atoms with van der Waals surface area (Å²) in [6.45, 7) is -0.665. The fraction of sp³-hybridized carbons (Fsp3) is 0.750. The number of hydroxylamine groups is 1. The van der Waals surface area contributed by atoms with Gasteiger partial charge < -0.3 is 5.32 Å². The van der Waals surface area contributed by atoms with E-state index in [9.17, 15) is 8.78 Å². The van der Waals surface area contributed by atoms with Crippen LogP contribution >= 0.6 is 12.2 Å². The molecule has 0 saturated heterocycles. The van der Waals surface area contributed by atoms with Gasteiger partial charge in [-0.15, -0.1) is 0 Å². The largest absolute Gasteiger partial charge is 0.364 e. The number of hydrogen-bond donors (Lipinski definition) is 2. The molecule has 0 amide bonds. The summed E-state index contributed by atoms with van der Waals surface area (Å²) >= 11 is 4.52. The fourth-order valence-corrected chi connectivity index (χ4v) is 0.280. The third kappa shape index (κ3) is 5.64. The monoisotopic (exact) mass is 170 g/mol. The minimum Gasteiger partial charge on any atom is -0.364 e. The van der Waals surface area contributed by atoms with Crippen molar-refractivity contribution in [3.8, 4) is 0 Å². The molecule has 0 aliphatic rings. The molecule has 0 aromatic carbocycles. The molecule has 0 aliphatic carbocycles. The maximum Gasteiger partial charge on any atom is 0.264 e. The van der Waals surface area contributed by atoms with E-state index < -0.39 is 13.0 Å². The number of rotatable bonds is 3. The highest BCUT2D eigenvalue weighted by atomic mass is 32.1. The molecule has 0 spiro atoms. The molecule has 10 heavy (non-hydrogen) atoms. The molecule has 6 heteroatoms. The van der Waals surface area contributed by atoms with E-state index in [1.54, 1.807) is 7.05 Å². The second-order valence-electron chi connectivity index (χ2n) is 1.38. The molecule has 3 nitrogen and oxygen atoms in total. The van der Waals surface area contributed by atoms with E-state index >= 15 is 0 Å². The first-order valence-corrected chi connectivity index (χ1v) is 2.95. The van der Waals surface area contributed by atoms with Gasteiger partial charge in [-0.05, 0) is 12.2 Å². The van der Waals surface area contributed by atoms with Crippen molar-refractivity contribution < 1.29 is 13.6 Å². The number of hydrogen-bond acceptors (Lipinski definition) is 2. The quantitative estimate of drug-likeness (QED) is 0.470. The highest BCUT2D eigenvalue weighted by Gasteiger charge is 2.01. The molecule has 0 fully saturated rings. The molecule has 0 aromatic rings. The first-order chi connectivity index (χ1) is 4.66. The van der Waals surface area contributed by atoms with Crippen LogP contribution in [0.2, 0.25) is 0 Å². The van der Waals surface area contributed by atoms with Gasteiger partial charge in [0.15, 0.2) is 5.11 Å². The maximum absolute atomic E-state index is 11.4. The zero-order chi connectivity index (χ0) is 7.98. The van der Waals surface area contributed by atoms with Crippen molar-refractivity contribution in [1.82, 2.24) is 10.8 Å². The summed E-state index contributed by atoms with van der Waals surface area (Å²) in [5, 5.41) is 2.67. The first-order valence-electron chi connectivity index (χ1n) is 2.54. The number of thiocarbonyl (C=S) groups is 1. The second kappa shape index (κ2) is 5.31. The van der Waals surface area contributed by atoms with E-state index in [4.69, 9.17) is 0 Å². The Balaban J connectivity index is 3.12. The lowest BCUT2D eigenvalue weighted by atomic mass is 10.8. The van der Waals surface area contributed by atoms with E-state index in [1.807, 2.05) is 0 Å². The van der Waals surface area contributed by atoms with Gasteiger partial charge in [-0.1, -0.05) is 0 Å². The zero-order valence-electron chi connectivity index (χ0n) is 5.36. The van der Waals surface area contributed by atoms with E-state index in [-0.39, 0.29) is 5.11 Å². The van der Waals surface area contributed by atoms with Crippen molar-refractivity contribution in [2.45, 2.75) is 6.43 Å². The van der Waals surface area contributed by atoms with Crippen LogP contribution in [0.4, 0.5) is 8.78 Å². The molecule has 0 heterocycles. The van der Waals surface area contributed by atoms with Gasteiger partial charge in [-0.25, -0.2) is 14.3 Å². The third-order valence-corrected chi connectivity index (χ3v) is 0.889. The van der Waals surface area contributed by atoms with Crippen molar-refractivity contribution in [1.29, 1.82) is 0 Å². The van der Waals surface area contributed by atoms with Crippen molar-refractivity contribution in [3.63, 3.8) is 0 Å². The Hall–Kier alpha value is -0.490. The Morgan fingerprint density at radius 2 is 2.30 bits per heavy atom. The lowest BCUT2D eigenvalue weighted by molar-refractivity contribution is -0.00927. The SMILES string of the molecule is CNC(=S)NOCC(F)F. The van der Waals surface area contributed by atoms with E-state index in [0.717, 1.165) is 0 Å². The van der Waals surface area contributed by atoms with Gasteiger partial charge in [0, 0.05) is 7.05 Å². The van der Waals surface area contributed by atoms with Gasteiger partial charge in [-0.2, -0.15) is 0 Å². The van der Waals surface area contributed by atoms with Crippen molar-refractivity contribution in [2.24, 2.45) is 0 Å². The normalized spacial score (nSPS) is 9.60. The standard InChI is InChI=1S/C4H8F2N2OS/c1-7-4(10)8-9-2-3(5)6/h3H,2H2,1H3,(H2,7,8,10). The predicted molar refractivity (Wildman–Crippen MR) is 36.7 cm³/mol. The summed E-state index contributed by atoms with van der Waals surface area (Å²) in [4.78, 5) is 4.24. The van der Waals surface area contributed by atoms with Crippen LogP contribution in [0.3, 0.4) is 0 Å². The van der Waals surface area contributed by atoms with Crippen LogP contribution in [-0.2, 0) is 4.84 Å². The van der Waals surface area contributed by atoms with E-state index in [2.05, 4.69) is 27.9 Å². The van der Waals surface area contributed by atoms with E-state index in [0.29, 0.717) is 0 Å². The van der Waals surface area contributed by atoms with Gasteiger partial charge in [0.1, 0.15) is 6.61 Å². The lowest BCUT2D eigenvalue weighted by Gasteiger charge is -2.05. The smallest absolute Gasteiger partial charge is 0.264 e. The molecule has 0 radical (unpaired) electrons. The second-order valence-corrected chi connectivity index (χ2v) is 1.79. The minimum atomic E-state index is -2.48. The summed E-state index contributed by atoms with van der Waals surface area (Å²) in [5.41, 5.74) is 2.10. The maximum atomic E-state index is 11.4. The van der Waals surface area contributed by atoms with Crippen LogP contribution in [0.15, 0.2) is 0 Å². The molecule has 0 unspecified atom stereocenters. The molecule has 0 bridgehead atoms. The lowest BCUT2D eigenvalue weighted by Crippen LogP contribution is -2.33. The molecular weight excluding hydrogens is 162 g/mol. The van der Waals surface area contributed by atoms with Gasteiger partial charge >= 0.3 is 0 Å². The molecule has 0 saturated carbocycles. The molecule has 0 rings (SSSR count). The molecule has 60 valence electrons. The zero-order valence-corrected chi connectivity index (χ0v) is 6.17. The molecular formula is C4H8F2N2OS. The Bertz CT molecular complexity index is 111.